The summed E-state index contributed by atoms with van der Waals surface area (Å²) in [6, 6.07) is 11.4. The van der Waals surface area contributed by atoms with Crippen molar-refractivity contribution in [1.29, 1.82) is 0 Å². The molecule has 0 amide bonds. The lowest BCUT2D eigenvalue weighted by Crippen LogP contribution is -2.52. The van der Waals surface area contributed by atoms with Crippen LogP contribution in [0.25, 0.3) is 0 Å². The summed E-state index contributed by atoms with van der Waals surface area (Å²) in [5.74, 6) is 0.655. The van der Waals surface area contributed by atoms with E-state index in [1.807, 2.05) is 24.3 Å². The van der Waals surface area contributed by atoms with Gasteiger partial charge in [-0.2, -0.15) is 0 Å². The molecular weight excluding hydrogens is 477 g/mol. The van der Waals surface area contributed by atoms with E-state index in [-0.39, 0.29) is 36.1 Å². The largest absolute Gasteiger partial charge is 0.495 e. The van der Waals surface area contributed by atoms with Gasteiger partial charge in [0.1, 0.15) is 17.4 Å². The summed E-state index contributed by atoms with van der Waals surface area (Å²) in [6.07, 6.45) is 0. The molecule has 5 nitrogen and oxygen atoms in total. The molecular formula is C20H25F2IN4O. The van der Waals surface area contributed by atoms with E-state index in [0.717, 1.165) is 49.7 Å². The van der Waals surface area contributed by atoms with Crippen LogP contribution in [0, 0.1) is 11.6 Å². The molecule has 0 bridgehead atoms. The molecule has 152 valence electrons. The highest BCUT2D eigenvalue weighted by Gasteiger charge is 2.21. The predicted molar refractivity (Wildman–Crippen MR) is 119 cm³/mol. The number of rotatable bonds is 4. The van der Waals surface area contributed by atoms with Gasteiger partial charge >= 0.3 is 0 Å². The van der Waals surface area contributed by atoms with E-state index in [1.165, 1.54) is 6.07 Å². The van der Waals surface area contributed by atoms with Crippen LogP contribution in [0.15, 0.2) is 47.5 Å². The number of aliphatic imine (C=N–C) groups is 1. The van der Waals surface area contributed by atoms with E-state index in [2.05, 4.69) is 20.1 Å². The highest BCUT2D eigenvalue weighted by molar-refractivity contribution is 14.0. The number of nitrogens with zero attached hydrogens (tertiary/aromatic N) is 3. The molecule has 2 aromatic rings. The molecule has 0 unspecified atom stereocenters. The predicted octanol–water partition coefficient (Wildman–Crippen LogP) is 3.49. The van der Waals surface area contributed by atoms with Crippen molar-refractivity contribution < 1.29 is 13.5 Å². The number of halogens is 3. The first kappa shape index (κ1) is 22.2. The lowest BCUT2D eigenvalue weighted by Gasteiger charge is -2.38. The number of piperazine rings is 1. The van der Waals surface area contributed by atoms with Gasteiger partial charge < -0.3 is 19.9 Å². The van der Waals surface area contributed by atoms with Gasteiger partial charge in [-0.3, -0.25) is 4.99 Å². The monoisotopic (exact) mass is 502 g/mol. The Hall–Kier alpha value is -2.10. The zero-order valence-electron chi connectivity index (χ0n) is 16.0. The maximum absolute atomic E-state index is 13.8. The minimum atomic E-state index is -0.450. The van der Waals surface area contributed by atoms with Crippen LogP contribution < -0.4 is 15.0 Å². The van der Waals surface area contributed by atoms with Gasteiger partial charge in [-0.1, -0.05) is 12.1 Å². The number of hydrogen-bond acceptors (Lipinski definition) is 3. The van der Waals surface area contributed by atoms with Gasteiger partial charge in [0.2, 0.25) is 0 Å². The molecule has 0 aliphatic carbocycles. The van der Waals surface area contributed by atoms with Crippen LogP contribution in [0.4, 0.5) is 14.5 Å². The minimum absolute atomic E-state index is 0. The van der Waals surface area contributed by atoms with E-state index >= 15 is 0 Å². The van der Waals surface area contributed by atoms with E-state index < -0.39 is 11.6 Å². The molecule has 8 heteroatoms. The molecule has 1 fully saturated rings. The SMILES string of the molecule is CN=C(NCc1cc(F)ccc1F)N1CCN(c2ccccc2OC)CC1.I. The fourth-order valence-corrected chi connectivity index (χ4v) is 3.24. The molecule has 1 aliphatic rings. The molecule has 0 atom stereocenters. The van der Waals surface area contributed by atoms with Crippen molar-refractivity contribution in [2.45, 2.75) is 6.54 Å². The average molecular weight is 502 g/mol. The standard InChI is InChI=1S/C20H24F2N4O.HI/c1-23-20(24-14-15-13-16(21)7-8-17(15)22)26-11-9-25(10-12-26)18-5-3-4-6-19(18)27-2;/h3-8,13H,9-12,14H2,1-2H3,(H,23,24);1H. The van der Waals surface area contributed by atoms with Crippen molar-refractivity contribution in [1.82, 2.24) is 10.2 Å². The summed E-state index contributed by atoms with van der Waals surface area (Å²) in [5.41, 5.74) is 1.35. The van der Waals surface area contributed by atoms with Crippen LogP contribution in [-0.2, 0) is 6.54 Å². The Bertz CT molecular complexity index is 811. The van der Waals surface area contributed by atoms with E-state index in [4.69, 9.17) is 4.74 Å². The summed E-state index contributed by atoms with van der Waals surface area (Å²) in [7, 11) is 3.36. The molecule has 0 radical (unpaired) electrons. The summed E-state index contributed by atoms with van der Waals surface area (Å²) in [5, 5.41) is 3.13. The van der Waals surface area contributed by atoms with Gasteiger partial charge in [-0.25, -0.2) is 8.78 Å². The van der Waals surface area contributed by atoms with Gasteiger partial charge in [0.25, 0.3) is 0 Å². The van der Waals surface area contributed by atoms with Crippen molar-refractivity contribution >= 4 is 35.6 Å². The lowest BCUT2D eigenvalue weighted by atomic mass is 10.2. The lowest BCUT2D eigenvalue weighted by molar-refractivity contribution is 0.366. The van der Waals surface area contributed by atoms with Gasteiger partial charge in [0.05, 0.1) is 12.8 Å². The zero-order valence-corrected chi connectivity index (χ0v) is 18.3. The number of benzene rings is 2. The first-order chi connectivity index (χ1) is 13.1. The number of methoxy groups -OCH3 is 1. The fraction of sp³-hybridized carbons (Fsp3) is 0.350. The summed E-state index contributed by atoms with van der Waals surface area (Å²) >= 11 is 0. The van der Waals surface area contributed by atoms with E-state index in [9.17, 15) is 8.78 Å². The number of hydrogen-bond donors (Lipinski definition) is 1. The smallest absolute Gasteiger partial charge is 0.194 e. The first-order valence-electron chi connectivity index (χ1n) is 8.90. The fourth-order valence-electron chi connectivity index (χ4n) is 3.24. The maximum atomic E-state index is 13.8. The van der Waals surface area contributed by atoms with Crippen LogP contribution in [-0.4, -0.2) is 51.2 Å². The quantitative estimate of drug-likeness (QED) is 0.395. The number of ether oxygens (including phenoxy) is 1. The highest BCUT2D eigenvalue weighted by Crippen LogP contribution is 2.28. The highest BCUT2D eigenvalue weighted by atomic mass is 127. The Morgan fingerprint density at radius 2 is 1.82 bits per heavy atom. The molecule has 1 N–H and O–H groups in total. The zero-order chi connectivity index (χ0) is 19.2. The Balaban J connectivity index is 0.00000280. The molecule has 1 heterocycles. The molecule has 0 aromatic heterocycles. The summed E-state index contributed by atoms with van der Waals surface area (Å²) < 4.78 is 32.6. The van der Waals surface area contributed by atoms with Gasteiger partial charge in [0.15, 0.2) is 5.96 Å². The Morgan fingerprint density at radius 3 is 2.50 bits per heavy atom. The molecule has 28 heavy (non-hydrogen) atoms. The third kappa shape index (κ3) is 5.24. The molecule has 1 aliphatic heterocycles. The molecule has 3 rings (SSSR count). The number of anilines is 1. The van der Waals surface area contributed by atoms with Crippen molar-refractivity contribution in [3.8, 4) is 5.75 Å². The Labute approximate surface area is 181 Å². The minimum Gasteiger partial charge on any atom is -0.495 e. The second kappa shape index (κ2) is 10.4. The topological polar surface area (TPSA) is 40.1 Å². The van der Waals surface area contributed by atoms with E-state index in [1.54, 1.807) is 14.2 Å². The number of guanidine groups is 1. The molecule has 0 spiro atoms. The van der Waals surface area contributed by atoms with E-state index in [0.29, 0.717) is 5.96 Å². The van der Waals surface area contributed by atoms with Crippen LogP contribution in [0.1, 0.15) is 5.56 Å². The third-order valence-electron chi connectivity index (χ3n) is 4.66. The summed E-state index contributed by atoms with van der Waals surface area (Å²) in [6.45, 7) is 3.35. The number of nitrogens with one attached hydrogen (secondary N) is 1. The number of para-hydroxylation sites is 2. The van der Waals surface area contributed by atoms with Crippen LogP contribution in [0.2, 0.25) is 0 Å². The Kier molecular flexibility index (Phi) is 8.28. The Morgan fingerprint density at radius 1 is 1.11 bits per heavy atom. The molecule has 1 saturated heterocycles. The van der Waals surface area contributed by atoms with Gasteiger partial charge in [-0.05, 0) is 30.3 Å². The van der Waals surface area contributed by atoms with Crippen molar-refractivity contribution in [2.75, 3.05) is 45.2 Å². The summed E-state index contributed by atoms with van der Waals surface area (Å²) in [4.78, 5) is 8.67. The van der Waals surface area contributed by atoms with Crippen LogP contribution in [0.3, 0.4) is 0 Å². The average Bonchev–Trinajstić information content (AvgIpc) is 2.71. The normalized spacial score (nSPS) is 14.5. The third-order valence-corrected chi connectivity index (χ3v) is 4.66. The first-order valence-corrected chi connectivity index (χ1v) is 8.90. The van der Waals surface area contributed by atoms with Gasteiger partial charge in [0, 0.05) is 45.3 Å². The van der Waals surface area contributed by atoms with Crippen LogP contribution in [0.5, 0.6) is 5.75 Å². The van der Waals surface area contributed by atoms with Gasteiger partial charge in [-0.15, -0.1) is 24.0 Å². The maximum Gasteiger partial charge on any atom is 0.194 e. The van der Waals surface area contributed by atoms with Crippen molar-refractivity contribution in [3.05, 3.63) is 59.7 Å². The second-order valence-corrected chi connectivity index (χ2v) is 6.28. The molecule has 0 saturated carbocycles. The van der Waals surface area contributed by atoms with Crippen molar-refractivity contribution in [3.63, 3.8) is 0 Å². The van der Waals surface area contributed by atoms with Crippen LogP contribution >= 0.6 is 24.0 Å². The second-order valence-electron chi connectivity index (χ2n) is 6.28. The van der Waals surface area contributed by atoms with Crippen molar-refractivity contribution in [2.24, 2.45) is 4.99 Å². The molecule has 2 aromatic carbocycles.